The Morgan fingerprint density at radius 3 is 2.70 bits per heavy atom. The highest BCUT2D eigenvalue weighted by Gasteiger charge is 2.33. The Labute approximate surface area is 188 Å². The first kappa shape index (κ1) is 20.2. The van der Waals surface area contributed by atoms with Crippen LogP contribution in [0.1, 0.15) is 16.8 Å². The van der Waals surface area contributed by atoms with Crippen LogP contribution in [-0.4, -0.2) is 60.8 Å². The molecular weight excluding hydrogens is 427 g/mol. The molecule has 4 heterocycles. The van der Waals surface area contributed by atoms with E-state index in [1.807, 2.05) is 23.1 Å². The van der Waals surface area contributed by atoms with Crippen molar-refractivity contribution < 1.29 is 18.7 Å². The molecule has 3 aromatic rings. The van der Waals surface area contributed by atoms with Crippen LogP contribution in [0.3, 0.4) is 0 Å². The van der Waals surface area contributed by atoms with Crippen molar-refractivity contribution in [2.45, 2.75) is 12.5 Å². The summed E-state index contributed by atoms with van der Waals surface area (Å²) < 4.78 is 28.8. The predicted molar refractivity (Wildman–Crippen MR) is 121 cm³/mol. The zero-order chi connectivity index (χ0) is 22.7. The number of rotatable bonds is 2. The molecule has 2 saturated heterocycles. The van der Waals surface area contributed by atoms with Gasteiger partial charge in [-0.05, 0) is 24.6 Å². The van der Waals surface area contributed by atoms with Gasteiger partial charge in [0, 0.05) is 38.4 Å². The third kappa shape index (κ3) is 3.11. The lowest BCUT2D eigenvalue weighted by molar-refractivity contribution is 0.0302. The number of anilines is 1. The van der Waals surface area contributed by atoms with E-state index < -0.39 is 11.2 Å². The smallest absolute Gasteiger partial charge is 0.259 e. The Morgan fingerprint density at radius 1 is 1.15 bits per heavy atom. The van der Waals surface area contributed by atoms with Gasteiger partial charge in [-0.1, -0.05) is 12.1 Å². The minimum Gasteiger partial charge on any atom is -0.451 e. The molecule has 9 heteroatoms. The number of morpholine rings is 1. The van der Waals surface area contributed by atoms with E-state index in [1.165, 1.54) is 6.07 Å². The number of carbonyl (C=O) groups excluding carboxylic acids is 1. The largest absolute Gasteiger partial charge is 0.451 e. The average Bonchev–Trinajstić information content (AvgIpc) is 3.26. The van der Waals surface area contributed by atoms with Crippen LogP contribution < -0.4 is 20.8 Å². The maximum absolute atomic E-state index is 15.5. The van der Waals surface area contributed by atoms with Crippen LogP contribution in [0.2, 0.25) is 0 Å². The zero-order valence-electron chi connectivity index (χ0n) is 17.9. The van der Waals surface area contributed by atoms with Crippen molar-refractivity contribution >= 4 is 22.5 Å². The van der Waals surface area contributed by atoms with Gasteiger partial charge in [-0.3, -0.25) is 9.59 Å². The van der Waals surface area contributed by atoms with Gasteiger partial charge < -0.3 is 29.6 Å². The van der Waals surface area contributed by atoms with Crippen molar-refractivity contribution in [2.75, 3.05) is 44.3 Å². The summed E-state index contributed by atoms with van der Waals surface area (Å²) in [6.07, 6.45) is 2.30. The van der Waals surface area contributed by atoms with Crippen LogP contribution in [0.15, 0.2) is 41.3 Å². The lowest BCUT2D eigenvalue weighted by atomic mass is 10.1. The number of nitrogens with two attached hydrogens (primary N) is 1. The van der Waals surface area contributed by atoms with Gasteiger partial charge in [0.05, 0.1) is 24.3 Å². The Kier molecular flexibility index (Phi) is 4.63. The number of ether oxygens (including phenoxy) is 2. The molecule has 170 valence electrons. The van der Waals surface area contributed by atoms with E-state index >= 15 is 4.39 Å². The zero-order valence-corrected chi connectivity index (χ0v) is 17.9. The molecule has 0 saturated carbocycles. The number of pyridine rings is 1. The fraction of sp³-hybridized carbons (Fsp3) is 0.333. The van der Waals surface area contributed by atoms with Gasteiger partial charge in [0.2, 0.25) is 5.43 Å². The van der Waals surface area contributed by atoms with E-state index in [0.29, 0.717) is 62.0 Å². The van der Waals surface area contributed by atoms with Gasteiger partial charge in [0.1, 0.15) is 16.8 Å². The number of amides is 1. The number of hydrogen-bond donors (Lipinski definition) is 1. The highest BCUT2D eigenvalue weighted by atomic mass is 19.1. The number of nitrogens with zero attached hydrogens (tertiary/aromatic N) is 3. The fourth-order valence-corrected chi connectivity index (χ4v) is 4.93. The minimum atomic E-state index is -0.564. The maximum Gasteiger partial charge on any atom is 0.259 e. The standard InChI is InChI=1S/C24H23FN4O4/c25-17-11-15-20-23(21(17)28-6-5-14(26)12-28)33-19-4-2-1-3-18(19)29(20)13-16(22(15)30)24(31)27-7-9-32-10-8-27/h1-4,11,13-14H,5-10,12,26H2. The molecule has 8 nitrogen and oxygen atoms in total. The van der Waals surface area contributed by atoms with E-state index in [1.54, 1.807) is 21.7 Å². The summed E-state index contributed by atoms with van der Waals surface area (Å²) in [6, 6.07) is 8.48. The van der Waals surface area contributed by atoms with Crippen molar-refractivity contribution in [1.29, 1.82) is 0 Å². The van der Waals surface area contributed by atoms with Gasteiger partial charge >= 0.3 is 0 Å². The highest BCUT2D eigenvalue weighted by Crippen LogP contribution is 2.47. The van der Waals surface area contributed by atoms with E-state index in [-0.39, 0.29) is 28.6 Å². The fourth-order valence-electron chi connectivity index (χ4n) is 4.93. The van der Waals surface area contributed by atoms with Crippen molar-refractivity contribution in [2.24, 2.45) is 5.73 Å². The number of aromatic nitrogens is 1. The predicted octanol–water partition coefficient (Wildman–Crippen LogP) is 2.25. The summed E-state index contributed by atoms with van der Waals surface area (Å²) in [5, 5.41) is 0.114. The SMILES string of the molecule is NC1CCN(c2c(F)cc3c(=O)c(C(=O)N4CCOCC4)cn4c3c2Oc2ccccc2-4)C1. The Hall–Kier alpha value is -3.43. The summed E-state index contributed by atoms with van der Waals surface area (Å²) in [7, 11) is 0. The number of para-hydroxylation sites is 2. The highest BCUT2D eigenvalue weighted by molar-refractivity contribution is 6.01. The molecule has 0 aliphatic carbocycles. The maximum atomic E-state index is 15.5. The van der Waals surface area contributed by atoms with Gasteiger partial charge in [-0.2, -0.15) is 0 Å². The monoisotopic (exact) mass is 450 g/mol. The lowest BCUT2D eigenvalue weighted by Gasteiger charge is -2.30. The van der Waals surface area contributed by atoms with Crippen LogP contribution in [0.5, 0.6) is 11.5 Å². The first-order valence-electron chi connectivity index (χ1n) is 11.1. The molecular formula is C24H23FN4O4. The number of hydrogen-bond acceptors (Lipinski definition) is 6. The van der Waals surface area contributed by atoms with Crippen molar-refractivity contribution in [3.05, 3.63) is 58.1 Å². The second-order valence-corrected chi connectivity index (χ2v) is 8.64. The Bertz CT molecular complexity index is 1350. The molecule has 1 unspecified atom stereocenters. The van der Waals surface area contributed by atoms with E-state index in [4.69, 9.17) is 15.2 Å². The Morgan fingerprint density at radius 2 is 1.94 bits per heavy atom. The number of fused-ring (bicyclic) bond motifs is 2. The number of halogens is 1. The van der Waals surface area contributed by atoms with Crippen LogP contribution in [0, 0.1) is 5.82 Å². The molecule has 3 aliphatic heterocycles. The average molecular weight is 450 g/mol. The minimum absolute atomic E-state index is 0.00222. The molecule has 6 rings (SSSR count). The molecule has 2 fully saturated rings. The van der Waals surface area contributed by atoms with Crippen LogP contribution in [-0.2, 0) is 4.74 Å². The summed E-state index contributed by atoms with van der Waals surface area (Å²) in [4.78, 5) is 30.2. The lowest BCUT2D eigenvalue weighted by Crippen LogP contribution is -2.42. The molecule has 0 spiro atoms. The molecule has 1 amide bonds. The van der Waals surface area contributed by atoms with Crippen molar-refractivity contribution in [1.82, 2.24) is 9.47 Å². The Balaban J connectivity index is 1.62. The van der Waals surface area contributed by atoms with Crippen molar-refractivity contribution in [3.63, 3.8) is 0 Å². The third-order valence-electron chi connectivity index (χ3n) is 6.58. The second kappa shape index (κ2) is 7.57. The topological polar surface area (TPSA) is 90.0 Å². The summed E-state index contributed by atoms with van der Waals surface area (Å²) in [5.74, 6) is -0.143. The quantitative estimate of drug-likeness (QED) is 0.504. The van der Waals surface area contributed by atoms with Crippen LogP contribution in [0.4, 0.5) is 10.1 Å². The third-order valence-corrected chi connectivity index (χ3v) is 6.58. The molecule has 33 heavy (non-hydrogen) atoms. The van der Waals surface area contributed by atoms with E-state index in [2.05, 4.69) is 0 Å². The van der Waals surface area contributed by atoms with Gasteiger partial charge in [-0.25, -0.2) is 4.39 Å². The normalized spacial score (nSPS) is 19.5. The van der Waals surface area contributed by atoms with E-state index in [9.17, 15) is 9.59 Å². The van der Waals surface area contributed by atoms with Crippen LogP contribution in [0.25, 0.3) is 16.6 Å². The van der Waals surface area contributed by atoms with Crippen molar-refractivity contribution in [3.8, 4) is 17.2 Å². The second-order valence-electron chi connectivity index (χ2n) is 8.64. The summed E-state index contributed by atoms with van der Waals surface area (Å²) in [6.45, 7) is 2.75. The van der Waals surface area contributed by atoms with E-state index in [0.717, 1.165) is 6.42 Å². The number of benzene rings is 2. The molecule has 0 radical (unpaired) electrons. The molecule has 3 aliphatic rings. The summed E-state index contributed by atoms with van der Waals surface area (Å²) >= 11 is 0. The van der Waals surface area contributed by atoms with Crippen LogP contribution >= 0.6 is 0 Å². The molecule has 1 aromatic heterocycles. The first-order chi connectivity index (χ1) is 16.0. The first-order valence-corrected chi connectivity index (χ1v) is 11.1. The number of carbonyl (C=O) groups is 1. The van der Waals surface area contributed by atoms with Gasteiger partial charge in [-0.15, -0.1) is 0 Å². The van der Waals surface area contributed by atoms with Gasteiger partial charge in [0.15, 0.2) is 17.3 Å². The molecule has 2 N–H and O–H groups in total. The molecule has 0 bridgehead atoms. The molecule has 1 atom stereocenters. The summed E-state index contributed by atoms with van der Waals surface area (Å²) in [5.41, 5.74) is 7.00. The van der Waals surface area contributed by atoms with Gasteiger partial charge in [0.25, 0.3) is 5.91 Å². The molecule has 2 aromatic carbocycles.